The van der Waals surface area contributed by atoms with E-state index >= 15 is 0 Å². The van der Waals surface area contributed by atoms with Crippen molar-refractivity contribution < 1.29 is 0 Å². The molecule has 96 valence electrons. The Labute approximate surface area is 117 Å². The Kier molecular flexibility index (Phi) is 3.13. The monoisotopic (exact) mass is 267 g/mol. The van der Waals surface area contributed by atoms with E-state index in [-0.39, 0.29) is 6.04 Å². The van der Waals surface area contributed by atoms with Crippen molar-refractivity contribution in [2.75, 3.05) is 0 Å². The minimum Gasteiger partial charge on any atom is -0.320 e. The molecule has 2 aromatic carbocycles. The molecular weight excluding hydrogens is 250 g/mol. The Balaban J connectivity index is 2.10. The van der Waals surface area contributed by atoms with Gasteiger partial charge >= 0.3 is 0 Å². The first-order valence-corrected chi connectivity index (χ1v) is 7.33. The van der Waals surface area contributed by atoms with Crippen molar-refractivity contribution in [3.63, 3.8) is 0 Å². The van der Waals surface area contributed by atoms with E-state index in [4.69, 9.17) is 5.73 Å². The number of rotatable bonds is 2. The molecule has 0 fully saturated rings. The van der Waals surface area contributed by atoms with Crippen molar-refractivity contribution in [3.8, 4) is 0 Å². The molecule has 0 aliphatic rings. The van der Waals surface area contributed by atoms with E-state index in [1.807, 2.05) is 0 Å². The van der Waals surface area contributed by atoms with Gasteiger partial charge in [-0.05, 0) is 47.4 Å². The van der Waals surface area contributed by atoms with E-state index in [0.717, 1.165) is 0 Å². The van der Waals surface area contributed by atoms with Crippen LogP contribution in [0.15, 0.2) is 47.8 Å². The fraction of sp³-hybridized carbons (Fsp3) is 0.176. The summed E-state index contributed by atoms with van der Waals surface area (Å²) in [7, 11) is 0. The zero-order valence-electron chi connectivity index (χ0n) is 11.2. The molecule has 0 bridgehead atoms. The van der Waals surface area contributed by atoms with Crippen LogP contribution in [0, 0.1) is 13.8 Å². The molecule has 1 atom stereocenters. The fourth-order valence-corrected chi connectivity index (χ4v) is 3.58. The van der Waals surface area contributed by atoms with Crippen LogP contribution in [0.25, 0.3) is 10.1 Å². The van der Waals surface area contributed by atoms with Crippen molar-refractivity contribution in [2.45, 2.75) is 19.9 Å². The predicted molar refractivity (Wildman–Crippen MR) is 83.8 cm³/mol. The molecule has 0 radical (unpaired) electrons. The molecule has 0 spiro atoms. The molecule has 0 amide bonds. The minimum atomic E-state index is -0.0447. The number of nitrogens with two attached hydrogens (primary N) is 1. The lowest BCUT2D eigenvalue weighted by Crippen LogP contribution is -2.12. The van der Waals surface area contributed by atoms with Crippen LogP contribution >= 0.6 is 11.3 Å². The highest BCUT2D eigenvalue weighted by Crippen LogP contribution is 2.33. The molecule has 2 heteroatoms. The summed E-state index contributed by atoms with van der Waals surface area (Å²) in [5.41, 5.74) is 11.5. The summed E-state index contributed by atoms with van der Waals surface area (Å²) in [6, 6.07) is 14.9. The first kappa shape index (κ1) is 12.4. The zero-order chi connectivity index (χ0) is 13.4. The number of thiophene rings is 1. The lowest BCUT2D eigenvalue weighted by Gasteiger charge is -2.15. The summed E-state index contributed by atoms with van der Waals surface area (Å²) in [6.07, 6.45) is 0. The summed E-state index contributed by atoms with van der Waals surface area (Å²) in [5.74, 6) is 0. The van der Waals surface area contributed by atoms with Crippen molar-refractivity contribution in [3.05, 3.63) is 70.1 Å². The first-order valence-electron chi connectivity index (χ1n) is 6.45. The smallest absolute Gasteiger partial charge is 0.0568 e. The summed E-state index contributed by atoms with van der Waals surface area (Å²) in [4.78, 5) is 0. The average Bonchev–Trinajstić information content (AvgIpc) is 2.82. The van der Waals surface area contributed by atoms with Crippen LogP contribution in [0.1, 0.15) is 28.3 Å². The van der Waals surface area contributed by atoms with Crippen molar-refractivity contribution in [1.82, 2.24) is 0 Å². The predicted octanol–water partition coefficient (Wildman–Crippen LogP) is 4.57. The van der Waals surface area contributed by atoms with E-state index in [9.17, 15) is 0 Å². The number of hydrogen-bond acceptors (Lipinski definition) is 2. The third-order valence-electron chi connectivity index (χ3n) is 3.61. The highest BCUT2D eigenvalue weighted by molar-refractivity contribution is 7.17. The number of fused-ring (bicyclic) bond motifs is 1. The fourth-order valence-electron chi connectivity index (χ4n) is 2.58. The summed E-state index contributed by atoms with van der Waals surface area (Å²) in [5, 5.41) is 3.47. The van der Waals surface area contributed by atoms with Crippen molar-refractivity contribution in [2.24, 2.45) is 5.73 Å². The lowest BCUT2D eigenvalue weighted by molar-refractivity contribution is 0.873. The van der Waals surface area contributed by atoms with Crippen LogP contribution in [-0.4, -0.2) is 0 Å². The standard InChI is InChI=1S/C17H17NS/c1-11-7-8-13(12(2)9-11)17(18)15-10-19-16-6-4-3-5-14(15)16/h3-10,17H,18H2,1-2H3. The molecule has 2 N–H and O–H groups in total. The van der Waals surface area contributed by atoms with Crippen LogP contribution in [0.4, 0.5) is 0 Å². The Morgan fingerprint density at radius 3 is 2.58 bits per heavy atom. The molecule has 3 rings (SSSR count). The van der Waals surface area contributed by atoms with Crippen LogP contribution in [0.2, 0.25) is 0 Å². The highest BCUT2D eigenvalue weighted by Gasteiger charge is 2.15. The molecule has 3 aromatic rings. The summed E-state index contributed by atoms with van der Waals surface area (Å²) in [6.45, 7) is 4.25. The van der Waals surface area contributed by atoms with Crippen LogP contribution in [0.5, 0.6) is 0 Å². The van der Waals surface area contributed by atoms with Gasteiger partial charge in [0, 0.05) is 4.70 Å². The third-order valence-corrected chi connectivity index (χ3v) is 4.59. The average molecular weight is 267 g/mol. The molecule has 0 saturated carbocycles. The van der Waals surface area contributed by atoms with Crippen LogP contribution in [0.3, 0.4) is 0 Å². The Morgan fingerprint density at radius 2 is 1.79 bits per heavy atom. The van der Waals surface area contributed by atoms with Gasteiger partial charge in [0.2, 0.25) is 0 Å². The van der Waals surface area contributed by atoms with Crippen LogP contribution < -0.4 is 5.73 Å². The first-order chi connectivity index (χ1) is 9.16. The van der Waals surface area contributed by atoms with Gasteiger partial charge in [-0.3, -0.25) is 0 Å². The van der Waals surface area contributed by atoms with Gasteiger partial charge in [0.25, 0.3) is 0 Å². The molecule has 1 aromatic heterocycles. The van der Waals surface area contributed by atoms with Gasteiger partial charge in [-0.25, -0.2) is 0 Å². The van der Waals surface area contributed by atoms with E-state index < -0.39 is 0 Å². The molecule has 1 heterocycles. The van der Waals surface area contributed by atoms with Crippen molar-refractivity contribution >= 4 is 21.4 Å². The topological polar surface area (TPSA) is 26.0 Å². The number of benzene rings is 2. The van der Waals surface area contributed by atoms with Gasteiger partial charge in [-0.1, -0.05) is 42.0 Å². The zero-order valence-corrected chi connectivity index (χ0v) is 12.0. The molecule has 0 aliphatic carbocycles. The van der Waals surface area contributed by atoms with E-state index in [2.05, 4.69) is 61.7 Å². The molecular formula is C17H17NS. The highest BCUT2D eigenvalue weighted by atomic mass is 32.1. The van der Waals surface area contributed by atoms with E-state index in [0.29, 0.717) is 0 Å². The number of aryl methyl sites for hydroxylation is 2. The Morgan fingerprint density at radius 1 is 1.00 bits per heavy atom. The quantitative estimate of drug-likeness (QED) is 0.723. The SMILES string of the molecule is Cc1ccc(C(N)c2csc3ccccc23)c(C)c1. The van der Waals surface area contributed by atoms with E-state index in [1.54, 1.807) is 11.3 Å². The van der Waals surface area contributed by atoms with Gasteiger partial charge in [0.05, 0.1) is 6.04 Å². The maximum atomic E-state index is 6.48. The summed E-state index contributed by atoms with van der Waals surface area (Å²) < 4.78 is 1.30. The van der Waals surface area contributed by atoms with E-state index in [1.165, 1.54) is 32.3 Å². The second kappa shape index (κ2) is 4.80. The van der Waals surface area contributed by atoms with Gasteiger partial charge in [0.1, 0.15) is 0 Å². The Bertz CT molecular complexity index is 727. The maximum Gasteiger partial charge on any atom is 0.0568 e. The molecule has 1 unspecified atom stereocenters. The van der Waals surface area contributed by atoms with Gasteiger partial charge in [-0.2, -0.15) is 0 Å². The largest absolute Gasteiger partial charge is 0.320 e. The lowest BCUT2D eigenvalue weighted by atomic mass is 9.94. The second-order valence-electron chi connectivity index (χ2n) is 5.02. The van der Waals surface area contributed by atoms with Gasteiger partial charge < -0.3 is 5.73 Å². The van der Waals surface area contributed by atoms with Crippen LogP contribution in [-0.2, 0) is 0 Å². The molecule has 1 nitrogen and oxygen atoms in total. The Hall–Kier alpha value is -1.64. The second-order valence-corrected chi connectivity index (χ2v) is 5.94. The molecule has 0 aliphatic heterocycles. The third kappa shape index (κ3) is 2.18. The van der Waals surface area contributed by atoms with Gasteiger partial charge in [-0.15, -0.1) is 11.3 Å². The van der Waals surface area contributed by atoms with Crippen molar-refractivity contribution in [1.29, 1.82) is 0 Å². The normalized spacial score (nSPS) is 12.8. The summed E-state index contributed by atoms with van der Waals surface area (Å²) >= 11 is 1.77. The van der Waals surface area contributed by atoms with Gasteiger partial charge in [0.15, 0.2) is 0 Å². The number of hydrogen-bond donors (Lipinski definition) is 1. The maximum absolute atomic E-state index is 6.48. The molecule has 0 saturated heterocycles. The minimum absolute atomic E-state index is 0.0447. The molecule has 19 heavy (non-hydrogen) atoms.